The molecule has 1 aromatic rings. The first-order chi connectivity index (χ1) is 10.2. The minimum Gasteiger partial charge on any atom is -0.274 e. The second kappa shape index (κ2) is 6.54. The zero-order chi connectivity index (χ0) is 16.4. The highest BCUT2D eigenvalue weighted by Gasteiger charge is 2.40. The number of hydrogen-bond donors (Lipinski definition) is 1. The molecule has 1 amide bonds. The molecule has 1 N–H and O–H groups in total. The Labute approximate surface area is 132 Å². The lowest BCUT2D eigenvalue weighted by atomic mass is 9.86. The number of hydrogen-bond acceptors (Lipinski definition) is 4. The summed E-state index contributed by atoms with van der Waals surface area (Å²) in [5.74, 6) is -4.72. The molecule has 1 aromatic carbocycles. The molecule has 22 heavy (non-hydrogen) atoms. The van der Waals surface area contributed by atoms with E-state index in [2.05, 4.69) is 0 Å². The zero-order valence-electron chi connectivity index (χ0n) is 12.0. The van der Waals surface area contributed by atoms with Gasteiger partial charge >= 0.3 is 0 Å². The fourth-order valence-electron chi connectivity index (χ4n) is 2.43. The summed E-state index contributed by atoms with van der Waals surface area (Å²) in [6.45, 7) is 0. The summed E-state index contributed by atoms with van der Waals surface area (Å²) in [6, 6.07) is 6.02. The van der Waals surface area contributed by atoms with E-state index in [1.54, 1.807) is 12.1 Å². The van der Waals surface area contributed by atoms with Gasteiger partial charge in [0.15, 0.2) is 0 Å². The molecule has 8 heteroatoms. The van der Waals surface area contributed by atoms with Crippen molar-refractivity contribution in [2.45, 2.75) is 41.4 Å². The van der Waals surface area contributed by atoms with Crippen LogP contribution in [0.2, 0.25) is 0 Å². The van der Waals surface area contributed by atoms with Crippen molar-refractivity contribution in [2.24, 2.45) is 5.92 Å². The molecule has 1 fully saturated rings. The van der Waals surface area contributed by atoms with Crippen molar-refractivity contribution >= 4 is 27.7 Å². The van der Waals surface area contributed by atoms with Crippen molar-refractivity contribution in [1.29, 1.82) is 0 Å². The van der Waals surface area contributed by atoms with E-state index in [9.17, 15) is 22.0 Å². The fraction of sp³-hybridized carbons (Fsp3) is 0.500. The first-order valence-electron chi connectivity index (χ1n) is 6.82. The summed E-state index contributed by atoms with van der Waals surface area (Å²) < 4.78 is 52.8. The van der Waals surface area contributed by atoms with Crippen LogP contribution in [-0.2, 0) is 14.8 Å². The van der Waals surface area contributed by atoms with Crippen molar-refractivity contribution < 1.29 is 22.0 Å². The first kappa shape index (κ1) is 17.2. The number of nitrogens with one attached hydrogen (secondary N) is 1. The normalized spacial score (nSPS) is 21.3. The Kier molecular flexibility index (Phi) is 5.11. The van der Waals surface area contributed by atoms with Gasteiger partial charge in [0.25, 0.3) is 10.0 Å². The van der Waals surface area contributed by atoms with Crippen molar-refractivity contribution in [1.82, 2.24) is 4.72 Å². The van der Waals surface area contributed by atoms with Crippen LogP contribution in [0.1, 0.15) is 25.7 Å². The lowest BCUT2D eigenvalue weighted by Crippen LogP contribution is -2.40. The van der Waals surface area contributed by atoms with Crippen LogP contribution >= 0.6 is 11.8 Å². The van der Waals surface area contributed by atoms with Gasteiger partial charge in [0.1, 0.15) is 0 Å². The van der Waals surface area contributed by atoms with Crippen LogP contribution in [0.3, 0.4) is 0 Å². The quantitative estimate of drug-likeness (QED) is 0.849. The average molecular weight is 349 g/mol. The molecular formula is C14H17F2NO3S2. The Bertz CT molecular complexity index is 645. The maximum atomic E-state index is 13.3. The fourth-order valence-corrected chi connectivity index (χ4v) is 3.88. The number of carbonyl (C=O) groups is 1. The molecule has 1 atom stereocenters. The van der Waals surface area contributed by atoms with E-state index in [0.717, 1.165) is 4.90 Å². The van der Waals surface area contributed by atoms with Crippen LogP contribution in [0.5, 0.6) is 0 Å². The molecule has 2 rings (SSSR count). The molecule has 1 aliphatic rings. The third kappa shape index (κ3) is 4.19. The topological polar surface area (TPSA) is 63.2 Å². The number of alkyl halides is 2. The number of carbonyl (C=O) groups excluding carboxylic acids is 1. The standard InChI is InChI=1S/C14H17F2NO3S2/c1-21-11-4-6-12(7-5-11)22(19,20)17-13(18)10-3-2-8-14(15,16)9-10/h4-7,10H,2-3,8-9H2,1H3,(H,17,18)/t10-/m0/s1. The van der Waals surface area contributed by atoms with Crippen molar-refractivity contribution in [3.8, 4) is 0 Å². The molecule has 0 saturated heterocycles. The number of amides is 1. The highest BCUT2D eigenvalue weighted by Crippen LogP contribution is 2.36. The maximum absolute atomic E-state index is 13.3. The Morgan fingerprint density at radius 3 is 2.50 bits per heavy atom. The Balaban J connectivity index is 2.09. The van der Waals surface area contributed by atoms with Gasteiger partial charge < -0.3 is 0 Å². The molecule has 0 spiro atoms. The number of benzene rings is 1. The van der Waals surface area contributed by atoms with Gasteiger partial charge in [-0.25, -0.2) is 21.9 Å². The van der Waals surface area contributed by atoms with Gasteiger partial charge in [-0.3, -0.25) is 4.79 Å². The molecule has 122 valence electrons. The highest BCUT2D eigenvalue weighted by molar-refractivity contribution is 7.98. The zero-order valence-corrected chi connectivity index (χ0v) is 13.6. The summed E-state index contributed by atoms with van der Waals surface area (Å²) in [4.78, 5) is 12.8. The van der Waals surface area contributed by atoms with E-state index in [4.69, 9.17) is 0 Å². The largest absolute Gasteiger partial charge is 0.274 e. The molecule has 0 bridgehead atoms. The predicted molar refractivity (Wildman–Crippen MR) is 80.5 cm³/mol. The monoisotopic (exact) mass is 349 g/mol. The number of sulfonamides is 1. The number of halogens is 2. The third-order valence-electron chi connectivity index (χ3n) is 3.62. The van der Waals surface area contributed by atoms with Crippen LogP contribution < -0.4 is 4.72 Å². The van der Waals surface area contributed by atoms with Crippen molar-refractivity contribution in [3.63, 3.8) is 0 Å². The van der Waals surface area contributed by atoms with Crippen LogP contribution in [0.25, 0.3) is 0 Å². The smallest absolute Gasteiger partial charge is 0.264 e. The van der Waals surface area contributed by atoms with Crippen molar-refractivity contribution in [2.75, 3.05) is 6.26 Å². The molecule has 1 saturated carbocycles. The van der Waals surface area contributed by atoms with E-state index in [1.165, 1.54) is 23.9 Å². The maximum Gasteiger partial charge on any atom is 0.264 e. The average Bonchev–Trinajstić information content (AvgIpc) is 2.46. The second-order valence-corrected chi connectivity index (χ2v) is 7.86. The van der Waals surface area contributed by atoms with E-state index in [1.807, 2.05) is 11.0 Å². The van der Waals surface area contributed by atoms with Crippen LogP contribution in [-0.4, -0.2) is 26.5 Å². The molecule has 0 unspecified atom stereocenters. The van der Waals surface area contributed by atoms with E-state index in [0.29, 0.717) is 0 Å². The summed E-state index contributed by atoms with van der Waals surface area (Å²) >= 11 is 1.46. The van der Waals surface area contributed by atoms with Gasteiger partial charge in [0.2, 0.25) is 11.8 Å². The number of thioether (sulfide) groups is 1. The summed E-state index contributed by atoms with van der Waals surface area (Å²) in [5, 5.41) is 0. The Morgan fingerprint density at radius 1 is 1.32 bits per heavy atom. The molecule has 0 heterocycles. The van der Waals surface area contributed by atoms with Gasteiger partial charge in [-0.05, 0) is 43.4 Å². The van der Waals surface area contributed by atoms with E-state index < -0.39 is 34.2 Å². The molecule has 0 aliphatic heterocycles. The van der Waals surface area contributed by atoms with Gasteiger partial charge in [-0.2, -0.15) is 0 Å². The SMILES string of the molecule is CSc1ccc(S(=O)(=O)NC(=O)[C@H]2CCCC(F)(F)C2)cc1. The van der Waals surface area contributed by atoms with Crippen LogP contribution in [0.4, 0.5) is 8.78 Å². The lowest BCUT2D eigenvalue weighted by Gasteiger charge is -2.27. The summed E-state index contributed by atoms with van der Waals surface area (Å²) in [6.07, 6.45) is 1.50. The minimum atomic E-state index is -4.02. The van der Waals surface area contributed by atoms with Gasteiger partial charge in [-0.1, -0.05) is 0 Å². The van der Waals surface area contributed by atoms with Gasteiger partial charge in [0.05, 0.1) is 4.90 Å². The number of rotatable bonds is 4. The molecular weight excluding hydrogens is 332 g/mol. The molecule has 1 aliphatic carbocycles. The summed E-state index contributed by atoms with van der Waals surface area (Å²) in [7, 11) is -4.02. The van der Waals surface area contributed by atoms with Gasteiger partial charge in [-0.15, -0.1) is 11.8 Å². The van der Waals surface area contributed by atoms with Crippen LogP contribution in [0, 0.1) is 5.92 Å². The Morgan fingerprint density at radius 2 is 1.95 bits per heavy atom. The van der Waals surface area contributed by atoms with Crippen molar-refractivity contribution in [3.05, 3.63) is 24.3 Å². The lowest BCUT2D eigenvalue weighted by molar-refractivity contribution is -0.130. The first-order valence-corrected chi connectivity index (χ1v) is 9.53. The van der Waals surface area contributed by atoms with Crippen LogP contribution in [0.15, 0.2) is 34.1 Å². The van der Waals surface area contributed by atoms with E-state index >= 15 is 0 Å². The second-order valence-electron chi connectivity index (χ2n) is 5.29. The van der Waals surface area contributed by atoms with E-state index in [-0.39, 0.29) is 24.2 Å². The molecule has 0 aromatic heterocycles. The Hall–Kier alpha value is -1.15. The minimum absolute atomic E-state index is 0.0544. The molecule has 4 nitrogen and oxygen atoms in total. The van der Waals surface area contributed by atoms with Gasteiger partial charge in [0, 0.05) is 23.7 Å². The molecule has 0 radical (unpaired) electrons. The third-order valence-corrected chi connectivity index (χ3v) is 5.72. The summed E-state index contributed by atoms with van der Waals surface area (Å²) in [5.41, 5.74) is 0. The highest BCUT2D eigenvalue weighted by atomic mass is 32.2. The predicted octanol–water partition coefficient (Wildman–Crippen LogP) is 3.04.